The van der Waals surface area contributed by atoms with Crippen LogP contribution in [0.25, 0.3) is 6.08 Å². The number of anilines is 1. The van der Waals surface area contributed by atoms with Crippen molar-refractivity contribution in [2.45, 2.75) is 6.92 Å². The van der Waals surface area contributed by atoms with E-state index in [-0.39, 0.29) is 12.5 Å². The molecule has 1 fully saturated rings. The van der Waals surface area contributed by atoms with Crippen molar-refractivity contribution >= 4 is 74.5 Å². The van der Waals surface area contributed by atoms with Crippen LogP contribution >= 0.6 is 46.6 Å². The number of rotatable bonds is 8. The van der Waals surface area contributed by atoms with Crippen LogP contribution in [0, 0.1) is 3.57 Å². The van der Waals surface area contributed by atoms with E-state index in [1.807, 2.05) is 25.1 Å². The zero-order chi connectivity index (χ0) is 23.3. The van der Waals surface area contributed by atoms with Gasteiger partial charge in [0, 0.05) is 0 Å². The van der Waals surface area contributed by atoms with Gasteiger partial charge in [0.05, 0.1) is 35.0 Å². The number of carbonyl (C=O) groups is 2. The molecule has 0 radical (unpaired) electrons. The minimum absolute atomic E-state index is 0.233. The highest BCUT2D eigenvalue weighted by molar-refractivity contribution is 14.1. The van der Waals surface area contributed by atoms with E-state index < -0.39 is 5.97 Å². The molecular weight excluding hydrogens is 565 g/mol. The second kappa shape index (κ2) is 11.0. The molecule has 0 aromatic heterocycles. The lowest BCUT2D eigenvalue weighted by Crippen LogP contribution is -2.27. The minimum Gasteiger partial charge on any atom is -0.495 e. The summed E-state index contributed by atoms with van der Waals surface area (Å²) in [6.07, 6.45) is 1.75. The summed E-state index contributed by atoms with van der Waals surface area (Å²) in [4.78, 5) is 26.5. The number of ether oxygens (including phenoxy) is 4. The predicted molar refractivity (Wildman–Crippen MR) is 136 cm³/mol. The summed E-state index contributed by atoms with van der Waals surface area (Å²) in [6.45, 7) is 2.02. The number of thiocarbonyl (C=S) groups is 1. The fourth-order valence-corrected chi connectivity index (χ4v) is 4.97. The van der Waals surface area contributed by atoms with Crippen molar-refractivity contribution in [1.29, 1.82) is 0 Å². The van der Waals surface area contributed by atoms with Crippen molar-refractivity contribution in [2.75, 3.05) is 32.3 Å². The molecule has 0 N–H and O–H groups in total. The average molecular weight is 585 g/mol. The Balaban J connectivity index is 1.93. The monoisotopic (exact) mass is 585 g/mol. The molecule has 168 valence electrons. The molecule has 2 aromatic carbocycles. The molecule has 1 aliphatic rings. The van der Waals surface area contributed by atoms with E-state index in [0.29, 0.717) is 38.8 Å². The molecule has 1 aliphatic heterocycles. The first-order chi connectivity index (χ1) is 15.4. The van der Waals surface area contributed by atoms with Gasteiger partial charge in [0.2, 0.25) is 0 Å². The molecule has 0 atom stereocenters. The van der Waals surface area contributed by atoms with Gasteiger partial charge in [-0.25, -0.2) is 4.79 Å². The summed E-state index contributed by atoms with van der Waals surface area (Å²) in [5, 5.41) is 0. The summed E-state index contributed by atoms with van der Waals surface area (Å²) >= 11 is 8.78. The first-order valence-corrected chi connectivity index (χ1v) is 11.8. The van der Waals surface area contributed by atoms with Crippen LogP contribution in [0.3, 0.4) is 0 Å². The third-order valence-corrected chi connectivity index (χ3v) is 6.41. The quantitative estimate of drug-likeness (QED) is 0.192. The third-order valence-electron chi connectivity index (χ3n) is 4.31. The van der Waals surface area contributed by atoms with Gasteiger partial charge in [-0.05, 0) is 65.4 Å². The highest BCUT2D eigenvalue weighted by atomic mass is 127. The van der Waals surface area contributed by atoms with Crippen LogP contribution in [0.2, 0.25) is 0 Å². The van der Waals surface area contributed by atoms with Crippen molar-refractivity contribution in [2.24, 2.45) is 0 Å². The number of carbonyl (C=O) groups excluding carboxylic acids is 2. The fraction of sp³-hybridized carbons (Fsp3) is 0.227. The van der Waals surface area contributed by atoms with Gasteiger partial charge in [0.1, 0.15) is 5.75 Å². The molecule has 0 saturated carbocycles. The number of para-hydroxylation sites is 2. The van der Waals surface area contributed by atoms with Crippen LogP contribution in [0.15, 0.2) is 41.3 Å². The molecule has 32 heavy (non-hydrogen) atoms. The standard InChI is InChI=1S/C22H20INO6S2/c1-4-29-17-10-13(9-14(23)20(17)30-12-19(25)28-3)11-18-21(26)24(22(31)32-18)15-7-5-6-8-16(15)27-2/h5-11H,4,12H2,1-3H3/b18-11+. The van der Waals surface area contributed by atoms with E-state index in [1.54, 1.807) is 31.4 Å². The zero-order valence-corrected chi connectivity index (χ0v) is 21.3. The normalized spacial score (nSPS) is 14.6. The van der Waals surface area contributed by atoms with Gasteiger partial charge in [0.15, 0.2) is 22.4 Å². The smallest absolute Gasteiger partial charge is 0.343 e. The van der Waals surface area contributed by atoms with E-state index in [4.69, 9.17) is 26.4 Å². The van der Waals surface area contributed by atoms with Crippen molar-refractivity contribution < 1.29 is 28.5 Å². The number of nitrogens with zero attached hydrogens (tertiary/aromatic N) is 1. The molecule has 0 aliphatic carbocycles. The Kier molecular flexibility index (Phi) is 8.38. The Bertz CT molecular complexity index is 1090. The Morgan fingerprint density at radius 2 is 1.94 bits per heavy atom. The van der Waals surface area contributed by atoms with Crippen LogP contribution in [0.1, 0.15) is 12.5 Å². The summed E-state index contributed by atoms with van der Waals surface area (Å²) in [5.41, 5.74) is 1.33. The van der Waals surface area contributed by atoms with Crippen LogP contribution in [0.5, 0.6) is 17.2 Å². The molecule has 1 heterocycles. The maximum Gasteiger partial charge on any atom is 0.343 e. The third kappa shape index (κ3) is 5.36. The maximum atomic E-state index is 13.1. The maximum absolute atomic E-state index is 13.1. The van der Waals surface area contributed by atoms with E-state index in [2.05, 4.69) is 27.3 Å². The summed E-state index contributed by atoms with van der Waals surface area (Å²) in [7, 11) is 2.85. The van der Waals surface area contributed by atoms with Crippen LogP contribution in [-0.4, -0.2) is 43.6 Å². The Morgan fingerprint density at radius 1 is 1.19 bits per heavy atom. The van der Waals surface area contributed by atoms with Gasteiger partial charge in [-0.3, -0.25) is 9.69 Å². The molecule has 7 nitrogen and oxygen atoms in total. The molecule has 1 amide bonds. The van der Waals surface area contributed by atoms with E-state index >= 15 is 0 Å². The molecule has 0 bridgehead atoms. The summed E-state index contributed by atoms with van der Waals surface area (Å²) < 4.78 is 22.4. The van der Waals surface area contributed by atoms with Gasteiger partial charge < -0.3 is 18.9 Å². The fourth-order valence-electron chi connectivity index (χ4n) is 2.91. The lowest BCUT2D eigenvalue weighted by Gasteiger charge is -2.17. The van der Waals surface area contributed by atoms with E-state index in [9.17, 15) is 9.59 Å². The number of hydrogen-bond donors (Lipinski definition) is 0. The van der Waals surface area contributed by atoms with Crippen LogP contribution in [-0.2, 0) is 14.3 Å². The van der Waals surface area contributed by atoms with Gasteiger partial charge in [-0.15, -0.1) is 0 Å². The number of hydrogen-bond acceptors (Lipinski definition) is 8. The zero-order valence-electron chi connectivity index (χ0n) is 17.5. The highest BCUT2D eigenvalue weighted by Crippen LogP contribution is 2.41. The van der Waals surface area contributed by atoms with Crippen molar-refractivity contribution in [1.82, 2.24) is 0 Å². The molecule has 0 spiro atoms. The number of thioether (sulfide) groups is 1. The molecular formula is C22H20INO6S2. The highest BCUT2D eigenvalue weighted by Gasteiger charge is 2.35. The van der Waals surface area contributed by atoms with Gasteiger partial charge in [0.25, 0.3) is 5.91 Å². The Hall–Kier alpha value is -2.31. The SMILES string of the molecule is CCOc1cc(/C=C2/SC(=S)N(c3ccccc3OC)C2=O)cc(I)c1OCC(=O)OC. The second-order valence-corrected chi connectivity index (χ2v) is 9.15. The molecule has 10 heteroatoms. The number of methoxy groups -OCH3 is 2. The predicted octanol–water partition coefficient (Wildman–Crippen LogP) is 4.66. The molecule has 1 saturated heterocycles. The van der Waals surface area contributed by atoms with Crippen LogP contribution < -0.4 is 19.1 Å². The Labute approximate surface area is 209 Å². The number of halogens is 1. The Morgan fingerprint density at radius 3 is 2.62 bits per heavy atom. The van der Waals surface area contributed by atoms with Crippen molar-refractivity contribution in [3.63, 3.8) is 0 Å². The van der Waals surface area contributed by atoms with Crippen molar-refractivity contribution in [3.8, 4) is 17.2 Å². The number of benzene rings is 2. The number of amides is 1. The van der Waals surface area contributed by atoms with E-state index in [0.717, 1.165) is 9.13 Å². The summed E-state index contributed by atoms with van der Waals surface area (Å²) in [6, 6.07) is 10.8. The molecule has 3 rings (SSSR count). The molecule has 0 unspecified atom stereocenters. The lowest BCUT2D eigenvalue weighted by atomic mass is 10.1. The van der Waals surface area contributed by atoms with Gasteiger partial charge in [-0.2, -0.15) is 0 Å². The average Bonchev–Trinajstić information content (AvgIpc) is 3.05. The van der Waals surface area contributed by atoms with Crippen LogP contribution in [0.4, 0.5) is 5.69 Å². The molecule has 2 aromatic rings. The topological polar surface area (TPSA) is 74.3 Å². The summed E-state index contributed by atoms with van der Waals surface area (Å²) in [5.74, 6) is 0.743. The van der Waals surface area contributed by atoms with E-state index in [1.165, 1.54) is 23.8 Å². The lowest BCUT2D eigenvalue weighted by molar-refractivity contribution is -0.142. The number of esters is 1. The minimum atomic E-state index is -0.493. The first-order valence-electron chi connectivity index (χ1n) is 9.46. The second-order valence-electron chi connectivity index (χ2n) is 6.32. The van der Waals surface area contributed by atoms with Crippen molar-refractivity contribution in [3.05, 3.63) is 50.4 Å². The van der Waals surface area contributed by atoms with Gasteiger partial charge in [-0.1, -0.05) is 36.1 Å². The van der Waals surface area contributed by atoms with Gasteiger partial charge >= 0.3 is 5.97 Å². The largest absolute Gasteiger partial charge is 0.495 e. The first kappa shape index (κ1) is 24.3.